The van der Waals surface area contributed by atoms with Crippen LogP contribution in [0.25, 0.3) is 0 Å². The van der Waals surface area contributed by atoms with E-state index in [1.165, 1.54) is 25.9 Å². The van der Waals surface area contributed by atoms with Crippen molar-refractivity contribution in [2.24, 2.45) is 5.92 Å². The number of hydrogen-bond acceptors (Lipinski definition) is 3. The average molecular weight is 262 g/mol. The van der Waals surface area contributed by atoms with Gasteiger partial charge >= 0.3 is 6.09 Å². The van der Waals surface area contributed by atoms with Gasteiger partial charge < -0.3 is 10.1 Å². The number of amides is 1. The first kappa shape index (κ1) is 13.9. The molecular formula is C15H22N2O2. The predicted octanol–water partition coefficient (Wildman–Crippen LogP) is 3.06. The van der Waals surface area contributed by atoms with Crippen molar-refractivity contribution in [3.63, 3.8) is 0 Å². The zero-order valence-electron chi connectivity index (χ0n) is 11.7. The van der Waals surface area contributed by atoms with E-state index < -0.39 is 0 Å². The third kappa shape index (κ3) is 4.24. The molecule has 1 atom stereocenters. The van der Waals surface area contributed by atoms with Crippen LogP contribution in [0, 0.1) is 12.8 Å². The summed E-state index contributed by atoms with van der Waals surface area (Å²) in [5.74, 6) is 0.925. The molecule has 4 nitrogen and oxygen atoms in total. The Morgan fingerprint density at radius 3 is 2.79 bits per heavy atom. The first-order chi connectivity index (χ1) is 9.15. The molecule has 1 aromatic carbocycles. The van der Waals surface area contributed by atoms with Crippen molar-refractivity contribution < 1.29 is 9.53 Å². The molecule has 4 rings (SSSR count). The number of ether oxygens (including phenoxy) is 1. The number of carbonyl (C=O) groups is 1. The first-order valence-corrected chi connectivity index (χ1v) is 6.89. The highest BCUT2D eigenvalue weighted by Gasteiger charge is 2.10. The monoisotopic (exact) mass is 262 g/mol. The number of aryl methyl sites for hydroxylation is 1. The second-order valence-electron chi connectivity index (χ2n) is 5.30. The Balaban J connectivity index is 0.000000163. The first-order valence-electron chi connectivity index (χ1n) is 6.89. The lowest BCUT2D eigenvalue weighted by Gasteiger charge is -2.17. The Morgan fingerprint density at radius 2 is 2.21 bits per heavy atom. The lowest BCUT2D eigenvalue weighted by atomic mass is 10.0. The van der Waals surface area contributed by atoms with Gasteiger partial charge in [-0.05, 0) is 56.0 Å². The topological polar surface area (TPSA) is 50.4 Å². The van der Waals surface area contributed by atoms with Crippen LogP contribution in [0.2, 0.25) is 0 Å². The summed E-state index contributed by atoms with van der Waals surface area (Å²) >= 11 is 0. The second-order valence-corrected chi connectivity index (χ2v) is 5.30. The largest absolute Gasteiger partial charge is 0.444 e. The maximum atomic E-state index is 10.9. The molecule has 1 unspecified atom stereocenters. The third-order valence-corrected chi connectivity index (χ3v) is 3.44. The minimum Gasteiger partial charge on any atom is -0.444 e. The lowest BCUT2D eigenvalue weighted by molar-refractivity contribution is 0.154. The molecule has 1 amide bonds. The van der Waals surface area contributed by atoms with Gasteiger partial charge in [0, 0.05) is 5.69 Å². The van der Waals surface area contributed by atoms with Crippen LogP contribution in [0.15, 0.2) is 18.2 Å². The fraction of sp³-hybridized carbons (Fsp3) is 0.533. The molecule has 0 aliphatic carbocycles. The number of carbonyl (C=O) groups excluding carboxylic acids is 1. The molecule has 1 fully saturated rings. The number of benzene rings is 1. The normalized spacial score (nSPS) is 21.4. The summed E-state index contributed by atoms with van der Waals surface area (Å²) in [5, 5.41) is 5.98. The Morgan fingerprint density at radius 1 is 1.37 bits per heavy atom. The van der Waals surface area contributed by atoms with Gasteiger partial charge in [0.05, 0.1) is 0 Å². The van der Waals surface area contributed by atoms with Crippen LogP contribution in [-0.4, -0.2) is 19.2 Å². The third-order valence-electron chi connectivity index (χ3n) is 3.44. The van der Waals surface area contributed by atoms with Gasteiger partial charge in [0.1, 0.15) is 6.61 Å². The zero-order chi connectivity index (χ0) is 13.7. The van der Waals surface area contributed by atoms with E-state index in [2.05, 4.69) is 17.6 Å². The highest BCUT2D eigenvalue weighted by Crippen LogP contribution is 2.19. The van der Waals surface area contributed by atoms with Crippen LogP contribution in [-0.2, 0) is 11.3 Å². The molecule has 0 radical (unpaired) electrons. The second kappa shape index (κ2) is 6.57. The highest BCUT2D eigenvalue weighted by molar-refractivity contribution is 5.86. The van der Waals surface area contributed by atoms with Crippen molar-refractivity contribution in [1.29, 1.82) is 0 Å². The summed E-state index contributed by atoms with van der Waals surface area (Å²) in [6, 6.07) is 5.85. The van der Waals surface area contributed by atoms with Crippen molar-refractivity contribution in [2.75, 3.05) is 18.4 Å². The molecule has 0 aromatic heterocycles. The van der Waals surface area contributed by atoms with Crippen molar-refractivity contribution in [2.45, 2.75) is 33.3 Å². The maximum absolute atomic E-state index is 10.9. The van der Waals surface area contributed by atoms with Crippen LogP contribution in [0.1, 0.15) is 30.9 Å². The molecule has 2 N–H and O–H groups in total. The van der Waals surface area contributed by atoms with Gasteiger partial charge in [0.15, 0.2) is 0 Å². The summed E-state index contributed by atoms with van der Waals surface area (Å²) in [6.07, 6.45) is 2.42. The van der Waals surface area contributed by atoms with Crippen LogP contribution >= 0.6 is 0 Å². The number of piperidine rings is 1. The molecule has 0 spiro atoms. The van der Waals surface area contributed by atoms with Crippen molar-refractivity contribution in [3.05, 3.63) is 29.3 Å². The van der Waals surface area contributed by atoms with Gasteiger partial charge in [0.2, 0.25) is 0 Å². The van der Waals surface area contributed by atoms with Crippen LogP contribution in [0.4, 0.5) is 10.5 Å². The maximum Gasteiger partial charge on any atom is 0.411 e. The molecule has 0 saturated carbocycles. The number of rotatable bonds is 0. The molecule has 1 saturated heterocycles. The van der Waals surface area contributed by atoms with Gasteiger partial charge in [-0.15, -0.1) is 0 Å². The van der Waals surface area contributed by atoms with E-state index in [0.717, 1.165) is 22.7 Å². The number of nitrogens with one attached hydrogen (secondary N) is 2. The molecular weight excluding hydrogens is 240 g/mol. The van der Waals surface area contributed by atoms with Gasteiger partial charge in [-0.1, -0.05) is 19.1 Å². The molecule has 4 heteroatoms. The summed E-state index contributed by atoms with van der Waals surface area (Å²) in [5.41, 5.74) is 2.93. The van der Waals surface area contributed by atoms with Crippen molar-refractivity contribution in [3.8, 4) is 0 Å². The highest BCUT2D eigenvalue weighted by atomic mass is 16.5. The van der Waals surface area contributed by atoms with Crippen LogP contribution < -0.4 is 10.6 Å². The Kier molecular flexibility index (Phi) is 4.80. The predicted molar refractivity (Wildman–Crippen MR) is 76.3 cm³/mol. The molecule has 19 heavy (non-hydrogen) atoms. The fourth-order valence-corrected chi connectivity index (χ4v) is 2.28. The van der Waals surface area contributed by atoms with Crippen molar-refractivity contribution >= 4 is 11.8 Å². The Labute approximate surface area is 114 Å². The van der Waals surface area contributed by atoms with E-state index in [-0.39, 0.29) is 6.09 Å². The van der Waals surface area contributed by atoms with Crippen LogP contribution in [0.5, 0.6) is 0 Å². The molecule has 3 aliphatic heterocycles. The summed E-state index contributed by atoms with van der Waals surface area (Å²) < 4.78 is 4.86. The van der Waals surface area contributed by atoms with Crippen LogP contribution in [0.3, 0.4) is 0 Å². The molecule has 3 aliphatic rings. The minimum atomic E-state index is -0.376. The summed E-state index contributed by atoms with van der Waals surface area (Å²) in [7, 11) is 0. The average Bonchev–Trinajstić information content (AvgIpc) is 2.38. The summed E-state index contributed by atoms with van der Waals surface area (Å²) in [4.78, 5) is 10.9. The smallest absolute Gasteiger partial charge is 0.411 e. The van der Waals surface area contributed by atoms with E-state index in [0.29, 0.717) is 6.61 Å². The SMILES string of the molecule is CC1CCCNC1.Cc1cc2ccc1NC(=O)OC2. The molecule has 1 aromatic rings. The lowest BCUT2D eigenvalue weighted by Crippen LogP contribution is -2.27. The Bertz CT molecular complexity index is 440. The standard InChI is InChI=1S/C9H9NO2.C6H13N/c1-6-4-7-2-3-8(6)10-9(11)12-5-7;1-6-3-2-4-7-5-6/h2-4H,5H2,1H3,(H,10,11);6-7H,2-5H2,1H3. The van der Waals surface area contributed by atoms with E-state index in [4.69, 9.17) is 4.74 Å². The van der Waals surface area contributed by atoms with E-state index in [1.807, 2.05) is 25.1 Å². The Hall–Kier alpha value is -1.55. The summed E-state index contributed by atoms with van der Waals surface area (Å²) in [6.45, 7) is 7.09. The van der Waals surface area contributed by atoms with E-state index in [9.17, 15) is 4.79 Å². The van der Waals surface area contributed by atoms with Gasteiger partial charge in [0.25, 0.3) is 0 Å². The van der Waals surface area contributed by atoms with E-state index >= 15 is 0 Å². The molecule has 104 valence electrons. The fourth-order valence-electron chi connectivity index (χ4n) is 2.28. The zero-order valence-corrected chi connectivity index (χ0v) is 11.7. The minimum absolute atomic E-state index is 0.354. The van der Waals surface area contributed by atoms with Gasteiger partial charge in [-0.3, -0.25) is 5.32 Å². The van der Waals surface area contributed by atoms with Gasteiger partial charge in [-0.2, -0.15) is 0 Å². The molecule has 2 bridgehead atoms. The quantitative estimate of drug-likeness (QED) is 0.755. The van der Waals surface area contributed by atoms with E-state index in [1.54, 1.807) is 0 Å². The molecule has 3 heterocycles. The number of hydrogen-bond donors (Lipinski definition) is 2. The van der Waals surface area contributed by atoms with Crippen molar-refractivity contribution in [1.82, 2.24) is 5.32 Å². The van der Waals surface area contributed by atoms with Gasteiger partial charge in [-0.25, -0.2) is 4.79 Å². The number of anilines is 1. The number of fused-ring (bicyclic) bond motifs is 5.